The van der Waals surface area contributed by atoms with Crippen molar-refractivity contribution in [3.63, 3.8) is 0 Å². The molecule has 0 unspecified atom stereocenters. The van der Waals surface area contributed by atoms with Crippen molar-refractivity contribution in [1.82, 2.24) is 20.0 Å². The van der Waals surface area contributed by atoms with Crippen LogP contribution in [0, 0.1) is 0 Å². The molecule has 0 saturated heterocycles. The quantitative estimate of drug-likeness (QED) is 0.419. The van der Waals surface area contributed by atoms with E-state index in [9.17, 15) is 0 Å². The largest absolute Gasteiger partial charge is 0.461 e. The fourth-order valence-corrected chi connectivity index (χ4v) is 3.18. The van der Waals surface area contributed by atoms with Gasteiger partial charge in [-0.3, -0.25) is 0 Å². The molecule has 3 heterocycles. The summed E-state index contributed by atoms with van der Waals surface area (Å²) >= 11 is 7.42. The van der Waals surface area contributed by atoms with Gasteiger partial charge in [0, 0.05) is 22.4 Å². The van der Waals surface area contributed by atoms with Gasteiger partial charge in [0.05, 0.1) is 12.0 Å². The molecule has 0 atom stereocenters. The summed E-state index contributed by atoms with van der Waals surface area (Å²) in [5, 5.41) is 13.5. The molecule has 0 aliphatic heterocycles. The molecule has 126 valence electrons. The van der Waals surface area contributed by atoms with Gasteiger partial charge in [-0.25, -0.2) is 4.68 Å². The van der Waals surface area contributed by atoms with E-state index in [2.05, 4.69) is 15.4 Å². The van der Waals surface area contributed by atoms with Crippen LogP contribution in [0.25, 0.3) is 22.9 Å². The van der Waals surface area contributed by atoms with E-state index >= 15 is 0 Å². The Balaban J connectivity index is 1.49. The summed E-state index contributed by atoms with van der Waals surface area (Å²) in [6, 6.07) is 12.7. The Bertz CT molecular complexity index is 996. The van der Waals surface area contributed by atoms with Crippen LogP contribution in [0.5, 0.6) is 0 Å². The van der Waals surface area contributed by atoms with E-state index in [4.69, 9.17) is 26.4 Å². The van der Waals surface area contributed by atoms with Crippen LogP contribution >= 0.6 is 23.4 Å². The first-order valence-corrected chi connectivity index (χ1v) is 8.66. The van der Waals surface area contributed by atoms with Crippen LogP contribution in [0.15, 0.2) is 62.8 Å². The zero-order valence-electron chi connectivity index (χ0n) is 12.8. The van der Waals surface area contributed by atoms with Crippen molar-refractivity contribution in [2.75, 3.05) is 5.84 Å². The van der Waals surface area contributed by atoms with E-state index in [1.807, 2.05) is 24.3 Å². The molecule has 0 amide bonds. The van der Waals surface area contributed by atoms with E-state index < -0.39 is 0 Å². The molecule has 0 aliphatic rings. The first kappa shape index (κ1) is 15.8. The van der Waals surface area contributed by atoms with Gasteiger partial charge in [0.2, 0.25) is 10.9 Å². The SMILES string of the molecule is Nn1c(SCc2cc(-c3ccco3)on2)nnc1-c1cccc(Cl)c1. The molecule has 7 nitrogen and oxygen atoms in total. The summed E-state index contributed by atoms with van der Waals surface area (Å²) in [4.78, 5) is 0. The minimum absolute atomic E-state index is 0.537. The van der Waals surface area contributed by atoms with Crippen LogP contribution < -0.4 is 5.84 Å². The minimum Gasteiger partial charge on any atom is -0.461 e. The lowest BCUT2D eigenvalue weighted by atomic mass is 10.2. The van der Waals surface area contributed by atoms with Gasteiger partial charge in [-0.2, -0.15) is 0 Å². The van der Waals surface area contributed by atoms with Gasteiger partial charge < -0.3 is 14.8 Å². The first-order valence-electron chi connectivity index (χ1n) is 7.29. The topological polar surface area (TPSA) is 95.9 Å². The number of rotatable bonds is 5. The maximum absolute atomic E-state index is 6.10. The summed E-state index contributed by atoms with van der Waals surface area (Å²) in [6.45, 7) is 0. The number of nitrogens with two attached hydrogens (primary N) is 1. The van der Waals surface area contributed by atoms with Gasteiger partial charge >= 0.3 is 0 Å². The van der Waals surface area contributed by atoms with Crippen molar-refractivity contribution in [2.24, 2.45) is 0 Å². The lowest BCUT2D eigenvalue weighted by Crippen LogP contribution is -2.11. The van der Waals surface area contributed by atoms with Crippen LogP contribution in [0.3, 0.4) is 0 Å². The number of benzene rings is 1. The third-order valence-corrected chi connectivity index (χ3v) is 4.63. The fourth-order valence-electron chi connectivity index (χ4n) is 2.25. The van der Waals surface area contributed by atoms with Crippen LogP contribution in [0.2, 0.25) is 5.02 Å². The minimum atomic E-state index is 0.537. The lowest BCUT2D eigenvalue weighted by Gasteiger charge is -2.03. The van der Waals surface area contributed by atoms with Crippen molar-refractivity contribution in [3.8, 4) is 22.9 Å². The maximum Gasteiger partial charge on any atom is 0.210 e. The third-order valence-electron chi connectivity index (χ3n) is 3.42. The molecule has 0 spiro atoms. The van der Waals surface area contributed by atoms with Gasteiger partial charge in [-0.1, -0.05) is 40.7 Å². The lowest BCUT2D eigenvalue weighted by molar-refractivity contribution is 0.413. The van der Waals surface area contributed by atoms with E-state index in [0.29, 0.717) is 33.3 Å². The van der Waals surface area contributed by atoms with Crippen molar-refractivity contribution in [1.29, 1.82) is 0 Å². The van der Waals surface area contributed by atoms with Crippen molar-refractivity contribution in [2.45, 2.75) is 10.9 Å². The Labute approximate surface area is 151 Å². The Kier molecular flexibility index (Phi) is 4.21. The zero-order chi connectivity index (χ0) is 17.2. The maximum atomic E-state index is 6.10. The third kappa shape index (κ3) is 3.26. The number of aromatic nitrogens is 4. The second-order valence-corrected chi connectivity index (χ2v) is 6.51. The molecule has 0 aliphatic carbocycles. The standard InChI is InChI=1S/C16H12ClN5O2S/c17-11-4-1-3-10(7-11)15-19-20-16(22(15)18)25-9-12-8-14(24-21-12)13-5-2-6-23-13/h1-8H,9,18H2. The molecular formula is C16H12ClN5O2S. The molecule has 0 radical (unpaired) electrons. The van der Waals surface area contributed by atoms with Gasteiger partial charge in [0.25, 0.3) is 0 Å². The molecule has 0 fully saturated rings. The van der Waals surface area contributed by atoms with Crippen LogP contribution in [0.1, 0.15) is 5.69 Å². The highest BCUT2D eigenvalue weighted by Crippen LogP contribution is 2.27. The Hall–Kier alpha value is -2.71. The molecule has 3 aromatic heterocycles. The molecular weight excluding hydrogens is 362 g/mol. The number of thioether (sulfide) groups is 1. The molecule has 9 heteroatoms. The summed E-state index contributed by atoms with van der Waals surface area (Å²) in [7, 11) is 0. The Morgan fingerprint density at radius 2 is 2.04 bits per heavy atom. The number of nitrogen functional groups attached to an aromatic ring is 1. The van der Waals surface area contributed by atoms with E-state index in [1.165, 1.54) is 16.4 Å². The molecule has 0 bridgehead atoms. The molecule has 4 rings (SSSR count). The van der Waals surface area contributed by atoms with Crippen LogP contribution in [0.4, 0.5) is 0 Å². The second kappa shape index (κ2) is 6.66. The number of nitrogens with zero attached hydrogens (tertiary/aromatic N) is 4. The van der Waals surface area contributed by atoms with Gasteiger partial charge in [-0.05, 0) is 24.3 Å². The van der Waals surface area contributed by atoms with Gasteiger partial charge in [0.15, 0.2) is 11.6 Å². The van der Waals surface area contributed by atoms with Gasteiger partial charge in [-0.15, -0.1) is 10.2 Å². The van der Waals surface area contributed by atoms with Crippen LogP contribution in [-0.4, -0.2) is 20.0 Å². The van der Waals surface area contributed by atoms with Crippen molar-refractivity contribution >= 4 is 23.4 Å². The Morgan fingerprint density at radius 3 is 2.84 bits per heavy atom. The Morgan fingerprint density at radius 1 is 1.12 bits per heavy atom. The first-order chi connectivity index (χ1) is 12.2. The number of hydrogen-bond donors (Lipinski definition) is 1. The molecule has 1 aromatic carbocycles. The molecule has 0 saturated carbocycles. The predicted octanol–water partition coefficient (Wildman–Crippen LogP) is 3.85. The highest BCUT2D eigenvalue weighted by molar-refractivity contribution is 7.98. The highest BCUT2D eigenvalue weighted by Gasteiger charge is 2.14. The summed E-state index contributed by atoms with van der Waals surface area (Å²) < 4.78 is 12.0. The zero-order valence-corrected chi connectivity index (χ0v) is 14.4. The normalized spacial score (nSPS) is 11.1. The second-order valence-electron chi connectivity index (χ2n) is 5.14. The average Bonchev–Trinajstić information content (AvgIpc) is 3.34. The summed E-state index contributed by atoms with van der Waals surface area (Å²) in [5.41, 5.74) is 1.56. The highest BCUT2D eigenvalue weighted by atomic mass is 35.5. The van der Waals surface area contributed by atoms with Crippen LogP contribution in [-0.2, 0) is 5.75 Å². The monoisotopic (exact) mass is 373 g/mol. The summed E-state index contributed by atoms with van der Waals surface area (Å²) in [5.74, 6) is 8.39. The smallest absolute Gasteiger partial charge is 0.210 e. The predicted molar refractivity (Wildman–Crippen MR) is 94.4 cm³/mol. The fraction of sp³-hybridized carbons (Fsp3) is 0.0625. The van der Waals surface area contributed by atoms with Crippen molar-refractivity contribution < 1.29 is 8.94 Å². The molecule has 25 heavy (non-hydrogen) atoms. The number of furan rings is 1. The number of halogens is 1. The summed E-state index contributed by atoms with van der Waals surface area (Å²) in [6.07, 6.45) is 1.58. The van der Waals surface area contributed by atoms with E-state index in [-0.39, 0.29) is 0 Å². The van der Waals surface area contributed by atoms with E-state index in [1.54, 1.807) is 24.5 Å². The number of hydrogen-bond acceptors (Lipinski definition) is 7. The average molecular weight is 374 g/mol. The van der Waals surface area contributed by atoms with Crippen molar-refractivity contribution in [3.05, 3.63) is 59.4 Å². The molecule has 4 aromatic rings. The van der Waals surface area contributed by atoms with Gasteiger partial charge in [0.1, 0.15) is 0 Å². The van der Waals surface area contributed by atoms with E-state index in [0.717, 1.165) is 11.3 Å². The molecule has 2 N–H and O–H groups in total.